The molecule has 1 aliphatic heterocycles. The van der Waals surface area contributed by atoms with E-state index in [1.54, 1.807) is 32.9 Å². The lowest BCUT2D eigenvalue weighted by molar-refractivity contribution is 0.0981. The largest absolute Gasteiger partial charge is 0.292 e. The zero-order chi connectivity index (χ0) is 17.3. The summed E-state index contributed by atoms with van der Waals surface area (Å²) >= 11 is 0. The average molecular weight is 337 g/mol. The van der Waals surface area contributed by atoms with Crippen molar-refractivity contribution in [1.82, 2.24) is 4.31 Å². The number of hydrogen-bond donors (Lipinski definition) is 0. The number of hydrogen-bond acceptors (Lipinski definition) is 3. The van der Waals surface area contributed by atoms with Crippen LogP contribution in [0.1, 0.15) is 63.7 Å². The molecule has 0 aliphatic carbocycles. The summed E-state index contributed by atoms with van der Waals surface area (Å²) in [6.45, 7) is 7.18. The number of rotatable bonds is 7. The normalized spacial score (nSPS) is 24.4. The van der Waals surface area contributed by atoms with E-state index in [-0.39, 0.29) is 11.8 Å². The maximum atomic E-state index is 12.8. The van der Waals surface area contributed by atoms with Gasteiger partial charge in [-0.15, -0.1) is 0 Å². The van der Waals surface area contributed by atoms with Gasteiger partial charge in [-0.2, -0.15) is 4.31 Å². The quantitative estimate of drug-likeness (QED) is 0.434. The molecule has 3 unspecified atom stereocenters. The minimum atomic E-state index is -3.48. The van der Waals surface area contributed by atoms with E-state index in [1.165, 1.54) is 4.31 Å². The predicted octanol–water partition coefficient (Wildman–Crippen LogP) is 3.63. The maximum Gasteiger partial charge on any atom is 0.220 e. The minimum Gasteiger partial charge on any atom is -0.292 e. The van der Waals surface area contributed by atoms with Gasteiger partial charge in [0.1, 0.15) is 6.04 Å². The second-order valence-corrected chi connectivity index (χ2v) is 9.78. The number of nitrogens with zero attached hydrogens (tertiary/aromatic N) is 1. The van der Waals surface area contributed by atoms with Gasteiger partial charge in [0.15, 0.2) is 5.78 Å². The molecule has 0 amide bonds. The molecule has 0 spiro atoms. The van der Waals surface area contributed by atoms with Crippen LogP contribution in [0.5, 0.6) is 0 Å². The van der Waals surface area contributed by atoms with Crippen LogP contribution in [0.3, 0.4) is 0 Å². The van der Waals surface area contributed by atoms with E-state index in [9.17, 15) is 13.2 Å². The average Bonchev–Trinajstić information content (AvgIpc) is 3.21. The van der Waals surface area contributed by atoms with Crippen molar-refractivity contribution >= 4 is 15.8 Å². The van der Waals surface area contributed by atoms with Gasteiger partial charge in [-0.1, -0.05) is 56.5 Å². The monoisotopic (exact) mass is 337 g/mol. The van der Waals surface area contributed by atoms with Crippen LogP contribution in [0.25, 0.3) is 0 Å². The van der Waals surface area contributed by atoms with E-state index >= 15 is 0 Å². The summed E-state index contributed by atoms with van der Waals surface area (Å²) < 4.78 is 26.1. The fourth-order valence-electron chi connectivity index (χ4n) is 2.85. The molecule has 5 heteroatoms. The molecule has 0 N–H and O–H groups in total. The Bertz CT molecular complexity index is 647. The molecule has 1 fully saturated rings. The minimum absolute atomic E-state index is 0.0834. The summed E-state index contributed by atoms with van der Waals surface area (Å²) in [5.74, 6) is -0.0834. The first-order chi connectivity index (χ1) is 10.7. The third-order valence-corrected chi connectivity index (χ3v) is 6.96. The first-order valence-corrected chi connectivity index (χ1v) is 9.78. The van der Waals surface area contributed by atoms with E-state index in [2.05, 4.69) is 6.92 Å². The Morgan fingerprint density at radius 2 is 1.74 bits per heavy atom. The molecule has 0 saturated carbocycles. The number of benzene rings is 1. The summed E-state index contributed by atoms with van der Waals surface area (Å²) in [5, 5.41) is 0. The molecule has 23 heavy (non-hydrogen) atoms. The molecule has 0 aromatic heterocycles. The fraction of sp³-hybridized carbons (Fsp3) is 0.611. The van der Waals surface area contributed by atoms with Crippen molar-refractivity contribution < 1.29 is 13.2 Å². The van der Waals surface area contributed by atoms with E-state index in [4.69, 9.17) is 0 Å². The smallest absolute Gasteiger partial charge is 0.220 e. The number of sulfonamides is 1. The van der Waals surface area contributed by atoms with Gasteiger partial charge in [0.2, 0.25) is 10.0 Å². The second kappa shape index (κ2) is 6.73. The SMILES string of the molecule is CCCCCC1C(C(=O)c2ccccc2)N1S(=O)(=O)C(C)(C)C. The molecule has 1 aliphatic rings. The number of Topliss-reactive ketones (excluding diaryl/α,β-unsaturated/α-hetero) is 1. The highest BCUT2D eigenvalue weighted by atomic mass is 32.2. The summed E-state index contributed by atoms with van der Waals surface area (Å²) in [5.41, 5.74) is 0.588. The molecule has 2 rings (SSSR count). The van der Waals surface area contributed by atoms with E-state index in [0.717, 1.165) is 25.7 Å². The van der Waals surface area contributed by atoms with Crippen LogP contribution in [-0.4, -0.2) is 35.3 Å². The third-order valence-electron chi connectivity index (χ3n) is 4.36. The van der Waals surface area contributed by atoms with Crippen LogP contribution in [0.4, 0.5) is 0 Å². The summed E-state index contributed by atoms with van der Waals surface area (Å²) in [6.07, 6.45) is 3.85. The Morgan fingerprint density at radius 3 is 2.26 bits per heavy atom. The Kier molecular flexibility index (Phi) is 5.31. The van der Waals surface area contributed by atoms with Crippen molar-refractivity contribution in [2.45, 2.75) is 70.2 Å². The highest BCUT2D eigenvalue weighted by Crippen LogP contribution is 2.42. The lowest BCUT2D eigenvalue weighted by Crippen LogP contribution is -2.35. The Labute approximate surface area is 139 Å². The van der Waals surface area contributed by atoms with Crippen LogP contribution < -0.4 is 0 Å². The number of unbranched alkanes of at least 4 members (excludes halogenated alkanes) is 2. The van der Waals surface area contributed by atoms with Crippen molar-refractivity contribution in [1.29, 1.82) is 0 Å². The van der Waals surface area contributed by atoms with Crippen molar-refractivity contribution in [3.63, 3.8) is 0 Å². The first kappa shape index (κ1) is 18.1. The molecule has 3 atom stereocenters. The van der Waals surface area contributed by atoms with Gasteiger partial charge in [-0.25, -0.2) is 8.42 Å². The van der Waals surface area contributed by atoms with Gasteiger partial charge < -0.3 is 0 Å². The Balaban J connectivity index is 2.23. The van der Waals surface area contributed by atoms with Crippen LogP contribution in [-0.2, 0) is 10.0 Å². The molecule has 1 aromatic carbocycles. The van der Waals surface area contributed by atoms with Crippen molar-refractivity contribution in [2.24, 2.45) is 0 Å². The van der Waals surface area contributed by atoms with E-state index in [0.29, 0.717) is 5.56 Å². The fourth-order valence-corrected chi connectivity index (χ4v) is 4.54. The van der Waals surface area contributed by atoms with Crippen LogP contribution in [0.2, 0.25) is 0 Å². The van der Waals surface area contributed by atoms with Gasteiger partial charge in [-0.3, -0.25) is 4.79 Å². The lowest BCUT2D eigenvalue weighted by Gasteiger charge is -2.20. The first-order valence-electron chi connectivity index (χ1n) is 8.34. The predicted molar refractivity (Wildman–Crippen MR) is 93.0 cm³/mol. The van der Waals surface area contributed by atoms with E-state index in [1.807, 2.05) is 18.2 Å². The number of carbonyl (C=O) groups is 1. The molecular weight excluding hydrogens is 310 g/mol. The highest BCUT2D eigenvalue weighted by Gasteiger charge is 2.60. The van der Waals surface area contributed by atoms with Gasteiger partial charge >= 0.3 is 0 Å². The topological polar surface area (TPSA) is 54.2 Å². The molecule has 1 aromatic rings. The van der Waals surface area contributed by atoms with Crippen molar-refractivity contribution in [3.8, 4) is 0 Å². The maximum absolute atomic E-state index is 12.8. The van der Waals surface area contributed by atoms with Gasteiger partial charge in [0.25, 0.3) is 0 Å². The molecular formula is C18H27NO3S. The standard InChI is InChI=1S/C18H27NO3S/c1-5-6-8-13-15-16(17(20)14-11-9-7-10-12-14)19(15)23(21,22)18(2,3)4/h7,9-12,15-16H,5-6,8,13H2,1-4H3. The zero-order valence-electron chi connectivity index (χ0n) is 14.5. The number of ketones is 1. The molecule has 1 saturated heterocycles. The van der Waals surface area contributed by atoms with Crippen LogP contribution in [0.15, 0.2) is 30.3 Å². The molecule has 4 nitrogen and oxygen atoms in total. The summed E-state index contributed by atoms with van der Waals surface area (Å²) in [7, 11) is -3.48. The van der Waals surface area contributed by atoms with Gasteiger partial charge in [0, 0.05) is 11.6 Å². The van der Waals surface area contributed by atoms with Gasteiger partial charge in [-0.05, 0) is 27.2 Å². The van der Waals surface area contributed by atoms with E-state index < -0.39 is 20.8 Å². The zero-order valence-corrected chi connectivity index (χ0v) is 15.3. The Hall–Kier alpha value is -1.20. The molecule has 0 radical (unpaired) electrons. The molecule has 0 bridgehead atoms. The third kappa shape index (κ3) is 3.66. The van der Waals surface area contributed by atoms with Gasteiger partial charge in [0.05, 0.1) is 4.75 Å². The summed E-state index contributed by atoms with van der Waals surface area (Å²) in [6, 6.07) is 8.27. The Morgan fingerprint density at radius 1 is 1.13 bits per heavy atom. The molecule has 128 valence electrons. The lowest BCUT2D eigenvalue weighted by atomic mass is 10.0. The highest BCUT2D eigenvalue weighted by molar-refractivity contribution is 7.90. The number of carbonyl (C=O) groups excluding carboxylic acids is 1. The molecule has 1 heterocycles. The van der Waals surface area contributed by atoms with Crippen LogP contribution >= 0.6 is 0 Å². The second-order valence-electron chi connectivity index (χ2n) is 7.19. The van der Waals surface area contributed by atoms with Crippen molar-refractivity contribution in [3.05, 3.63) is 35.9 Å². The van der Waals surface area contributed by atoms with Crippen molar-refractivity contribution in [2.75, 3.05) is 0 Å². The summed E-state index contributed by atoms with van der Waals surface area (Å²) in [4.78, 5) is 12.7. The van der Waals surface area contributed by atoms with Crippen LogP contribution in [0, 0.1) is 0 Å².